The van der Waals surface area contributed by atoms with Crippen LogP contribution in [-0.2, 0) is 19.2 Å². The second-order valence-corrected chi connectivity index (χ2v) is 15.0. The van der Waals surface area contributed by atoms with Gasteiger partial charge in [-0.3, -0.25) is 24.4 Å². The zero-order valence-electron chi connectivity index (χ0n) is 38.3. The molecule has 0 aliphatic carbocycles. The Balaban J connectivity index is 0. The lowest BCUT2D eigenvalue weighted by Crippen LogP contribution is -2.51. The number of rotatable bonds is 31. The highest BCUT2D eigenvalue weighted by atomic mass is 16.4. The number of carbonyl (C=O) groups is 5. The first-order valence-electron chi connectivity index (χ1n) is 23.1. The molecule has 0 aromatic heterocycles. The van der Waals surface area contributed by atoms with Crippen LogP contribution in [0.5, 0.6) is 0 Å². The van der Waals surface area contributed by atoms with Gasteiger partial charge in [0.15, 0.2) is 0 Å². The molecular weight excluding hydrogens is 813 g/mol. The number of carbonyl (C=O) groups excluding carboxylic acids is 3. The van der Waals surface area contributed by atoms with Crippen LogP contribution < -0.4 is 21.7 Å². The molecular formula is C51H78N4O9. The average Bonchev–Trinajstić information content (AvgIpc) is 3.29. The van der Waals surface area contributed by atoms with Crippen molar-refractivity contribution in [3.8, 4) is 0 Å². The van der Waals surface area contributed by atoms with Gasteiger partial charge in [-0.05, 0) is 88.2 Å². The molecule has 356 valence electrons. The lowest BCUT2D eigenvalue weighted by molar-refractivity contribution is -0.374. The lowest BCUT2D eigenvalue weighted by atomic mass is 10.1. The van der Waals surface area contributed by atoms with Crippen LogP contribution in [0, 0.1) is 0 Å². The minimum Gasteiger partial charge on any atom is -0.550 e. The molecule has 0 fully saturated rings. The number of nitrogens with zero attached hydrogens (tertiary/aromatic N) is 2. The molecule has 0 unspecified atom stereocenters. The van der Waals surface area contributed by atoms with Crippen LogP contribution in [0.15, 0.2) is 101 Å². The van der Waals surface area contributed by atoms with Crippen molar-refractivity contribution in [3.05, 3.63) is 108 Å². The fourth-order valence-electron chi connectivity index (χ4n) is 5.57. The largest absolute Gasteiger partial charge is 0.550 e. The molecule has 13 heteroatoms. The van der Waals surface area contributed by atoms with E-state index >= 15 is 0 Å². The summed E-state index contributed by atoms with van der Waals surface area (Å²) in [6.45, 7) is 3.97. The Bertz CT molecular complexity index is 1460. The van der Waals surface area contributed by atoms with Gasteiger partial charge in [-0.2, -0.15) is 0 Å². The molecule has 0 spiro atoms. The Labute approximate surface area is 382 Å². The van der Waals surface area contributed by atoms with Gasteiger partial charge in [-0.15, -0.1) is 0 Å². The van der Waals surface area contributed by atoms with Crippen molar-refractivity contribution in [2.75, 3.05) is 26.2 Å². The Morgan fingerprint density at radius 2 is 0.703 bits per heavy atom. The molecule has 3 aromatic rings. The molecule has 8 N–H and O–H groups in total. The Kier molecular flexibility index (Phi) is 45.9. The summed E-state index contributed by atoms with van der Waals surface area (Å²) in [4.78, 5) is 59.2. The van der Waals surface area contributed by atoms with Gasteiger partial charge < -0.3 is 41.5 Å². The highest BCUT2D eigenvalue weighted by molar-refractivity contribution is 5.79. The number of benzene rings is 3. The lowest BCUT2D eigenvalue weighted by Gasteiger charge is -2.03. The summed E-state index contributed by atoms with van der Waals surface area (Å²) in [6, 6.07) is 29.6. The van der Waals surface area contributed by atoms with Gasteiger partial charge in [0.1, 0.15) is 6.29 Å². The maximum Gasteiger partial charge on any atom is 0.303 e. The van der Waals surface area contributed by atoms with Crippen molar-refractivity contribution in [2.24, 2.45) is 9.98 Å². The minimum atomic E-state index is -0.998. The first kappa shape index (κ1) is 60.6. The summed E-state index contributed by atoms with van der Waals surface area (Å²) < 4.78 is 0. The van der Waals surface area contributed by atoms with Crippen molar-refractivity contribution in [1.29, 1.82) is 0 Å². The fourth-order valence-corrected chi connectivity index (χ4v) is 5.57. The molecule has 64 heavy (non-hydrogen) atoms. The Hall–Kier alpha value is -5.53. The quantitative estimate of drug-likeness (QED) is 0.0316. The Morgan fingerprint density at radius 1 is 0.422 bits per heavy atom. The molecule has 0 atom stereocenters. The fraction of sp³-hybridized carbons (Fsp3) is 0.510. The third-order valence-corrected chi connectivity index (χ3v) is 9.13. The smallest absolute Gasteiger partial charge is 0.303 e. The predicted molar refractivity (Wildman–Crippen MR) is 252 cm³/mol. The maximum absolute atomic E-state index is 10.1. The number of aldehydes is 1. The van der Waals surface area contributed by atoms with Crippen LogP contribution in [0.25, 0.3) is 0 Å². The van der Waals surface area contributed by atoms with Crippen molar-refractivity contribution in [2.45, 2.75) is 141 Å². The van der Waals surface area contributed by atoms with Crippen LogP contribution in [0.2, 0.25) is 0 Å². The van der Waals surface area contributed by atoms with Gasteiger partial charge in [0.05, 0.1) is 13.1 Å². The zero-order valence-corrected chi connectivity index (χ0v) is 38.3. The summed E-state index contributed by atoms with van der Waals surface area (Å²) >= 11 is 0. The van der Waals surface area contributed by atoms with E-state index in [-0.39, 0.29) is 25.7 Å². The van der Waals surface area contributed by atoms with Crippen molar-refractivity contribution < 1.29 is 55.9 Å². The number of hydrogen-bond acceptors (Lipinski definition) is 9. The van der Waals surface area contributed by atoms with Crippen LogP contribution in [0.3, 0.4) is 0 Å². The standard InChI is InChI=1S/C19H22N2.2C10H18O4.C7H6O.C5H14N2/c1-4-10-18(11-5-1)16-20-14-8-3-9-15-21-17-19-12-6-2-7-13-19;2*11-9(12)7-5-3-1-2-4-6-8-10(13)14;8-6-7-4-2-1-3-5-7;6-4-2-1-3-5-7/h1-2,4-7,10-13,16-17H,3,8-9,14-15H2;2*1-8H2,(H,11,12)(H,13,14);1-6H;1-7H2. The van der Waals surface area contributed by atoms with Crippen LogP contribution in [-0.4, -0.2) is 79.0 Å². The van der Waals surface area contributed by atoms with E-state index in [4.69, 9.17) is 10.2 Å². The van der Waals surface area contributed by atoms with E-state index in [0.717, 1.165) is 115 Å². The van der Waals surface area contributed by atoms with E-state index in [0.29, 0.717) is 12.8 Å². The van der Waals surface area contributed by atoms with E-state index in [1.807, 2.05) is 67.0 Å². The normalized spacial score (nSPS) is 10.2. The average molecular weight is 891 g/mol. The Morgan fingerprint density at radius 3 is 0.984 bits per heavy atom. The predicted octanol–water partition coefficient (Wildman–Crippen LogP) is 6.42. The van der Waals surface area contributed by atoms with Crippen molar-refractivity contribution in [1.82, 2.24) is 0 Å². The first-order chi connectivity index (χ1) is 31.0. The number of hydrogen-bond donors (Lipinski definition) is 4. The van der Waals surface area contributed by atoms with Gasteiger partial charge in [0, 0.05) is 55.9 Å². The summed E-state index contributed by atoms with van der Waals surface area (Å²) in [6.07, 6.45) is 23.1. The third kappa shape index (κ3) is 50.8. The third-order valence-electron chi connectivity index (χ3n) is 9.13. The molecule has 0 amide bonds. The summed E-state index contributed by atoms with van der Waals surface area (Å²) in [5.41, 5.74) is 10.5. The minimum absolute atomic E-state index is 0.124. The number of quaternary nitrogens is 2. The maximum atomic E-state index is 10.1. The number of aliphatic carboxylic acids is 4. The van der Waals surface area contributed by atoms with E-state index in [2.05, 4.69) is 45.7 Å². The monoisotopic (exact) mass is 891 g/mol. The number of carboxylic acids is 4. The molecule has 0 aliphatic heterocycles. The van der Waals surface area contributed by atoms with E-state index in [9.17, 15) is 34.2 Å². The summed E-state index contributed by atoms with van der Waals surface area (Å²) in [7, 11) is 0. The van der Waals surface area contributed by atoms with Gasteiger partial charge >= 0.3 is 11.9 Å². The van der Waals surface area contributed by atoms with Crippen molar-refractivity contribution in [3.63, 3.8) is 0 Å². The first-order valence-corrected chi connectivity index (χ1v) is 23.1. The molecule has 0 saturated carbocycles. The summed E-state index contributed by atoms with van der Waals surface area (Å²) in [5, 5.41) is 36.8. The van der Waals surface area contributed by atoms with Crippen LogP contribution >= 0.6 is 0 Å². The highest BCUT2D eigenvalue weighted by Crippen LogP contribution is 2.09. The zero-order chi connectivity index (χ0) is 47.6. The number of unbranched alkanes of at least 4 members (excludes halogenated alkanes) is 14. The van der Waals surface area contributed by atoms with E-state index in [1.54, 1.807) is 12.1 Å². The van der Waals surface area contributed by atoms with Crippen LogP contribution in [0.1, 0.15) is 163 Å². The number of carboxylic acid groups (broad SMARTS) is 4. The van der Waals surface area contributed by atoms with E-state index < -0.39 is 23.9 Å². The van der Waals surface area contributed by atoms with Gasteiger partial charge in [0.2, 0.25) is 0 Å². The topological polar surface area (TPSA) is 252 Å². The molecule has 0 aliphatic rings. The molecule has 0 radical (unpaired) electrons. The molecule has 0 saturated heterocycles. The second kappa shape index (κ2) is 48.5. The van der Waals surface area contributed by atoms with Gasteiger partial charge in [-0.1, -0.05) is 142 Å². The summed E-state index contributed by atoms with van der Waals surface area (Å²) in [5.74, 6) is -3.48. The highest BCUT2D eigenvalue weighted by Gasteiger charge is 1.98. The SMILES string of the molecule is C(=NCCCCCN=Cc1ccccc1)c1ccccc1.O=C(O)CCCCCCCCC(=O)O.O=C([O-])CCCCCCCCC(=O)[O-].O=Cc1ccccc1.[NH3+]CCCCC[NH3+]. The molecule has 13 nitrogen and oxygen atoms in total. The van der Waals surface area contributed by atoms with Crippen molar-refractivity contribution >= 4 is 42.6 Å². The van der Waals surface area contributed by atoms with Crippen LogP contribution in [0.4, 0.5) is 0 Å². The van der Waals surface area contributed by atoms with Gasteiger partial charge in [0.25, 0.3) is 0 Å². The van der Waals surface area contributed by atoms with Gasteiger partial charge in [-0.25, -0.2) is 0 Å². The molecule has 0 bridgehead atoms. The second-order valence-electron chi connectivity index (χ2n) is 15.0. The molecule has 3 aromatic carbocycles. The molecule has 3 rings (SSSR count). The molecule has 0 heterocycles. The number of aliphatic imine (C=N–C) groups is 2. The van der Waals surface area contributed by atoms with E-state index in [1.165, 1.54) is 36.8 Å².